The van der Waals surface area contributed by atoms with Crippen LogP contribution in [-0.2, 0) is 12.0 Å². The van der Waals surface area contributed by atoms with Crippen molar-refractivity contribution >= 4 is 11.7 Å². The minimum absolute atomic E-state index is 0.145. The fourth-order valence-corrected chi connectivity index (χ4v) is 4.77. The van der Waals surface area contributed by atoms with E-state index in [0.29, 0.717) is 0 Å². The second kappa shape index (κ2) is 6.11. The zero-order valence-corrected chi connectivity index (χ0v) is 16.4. The molecule has 2 aromatic heterocycles. The summed E-state index contributed by atoms with van der Waals surface area (Å²) >= 11 is 0. The van der Waals surface area contributed by atoms with Crippen LogP contribution in [0, 0.1) is 0 Å². The molecule has 6 heteroatoms. The van der Waals surface area contributed by atoms with E-state index in [1.54, 1.807) is 18.7 Å². The summed E-state index contributed by atoms with van der Waals surface area (Å²) in [5.74, 6) is -1.17. The summed E-state index contributed by atoms with van der Waals surface area (Å²) in [6.45, 7) is 0. The predicted octanol–water partition coefficient (Wildman–Crippen LogP) is 3.97. The number of anilines is 1. The highest BCUT2D eigenvalue weighted by molar-refractivity contribution is 5.89. The van der Waals surface area contributed by atoms with Crippen molar-refractivity contribution in [3.63, 3.8) is 0 Å². The molecular weight excluding hydrogens is 368 g/mol. The molecule has 29 heavy (non-hydrogen) atoms. The fraction of sp³-hybridized carbons (Fsp3) is 0.304. The highest BCUT2D eigenvalue weighted by Crippen LogP contribution is 2.50. The molecule has 6 nitrogen and oxygen atoms in total. The molecular formula is C23H22N2O4. The van der Waals surface area contributed by atoms with Crippen LogP contribution in [0.2, 0.25) is 0 Å². The van der Waals surface area contributed by atoms with Gasteiger partial charge in [-0.15, -0.1) is 0 Å². The number of carboxylic acids is 1. The zero-order chi connectivity index (χ0) is 20.3. The number of benzene rings is 1. The second-order valence-corrected chi connectivity index (χ2v) is 8.30. The van der Waals surface area contributed by atoms with E-state index in [2.05, 4.69) is 16.7 Å². The van der Waals surface area contributed by atoms with Crippen LogP contribution in [0.3, 0.4) is 0 Å². The number of fused-ring (bicyclic) bond motifs is 4. The van der Waals surface area contributed by atoms with Crippen LogP contribution in [0.1, 0.15) is 35.2 Å². The third-order valence-corrected chi connectivity index (χ3v) is 6.41. The third kappa shape index (κ3) is 2.55. The van der Waals surface area contributed by atoms with E-state index < -0.39 is 11.4 Å². The molecule has 0 amide bonds. The maximum atomic E-state index is 12.5. The number of carbonyl (C=O) groups is 1. The molecule has 1 aliphatic heterocycles. The Balaban J connectivity index is 1.79. The van der Waals surface area contributed by atoms with Crippen molar-refractivity contribution < 1.29 is 14.3 Å². The number of aromatic nitrogens is 1. The number of hydrogen-bond donors (Lipinski definition) is 1. The Labute approximate surface area is 168 Å². The number of rotatable bonds is 3. The van der Waals surface area contributed by atoms with Crippen LogP contribution < -0.4 is 10.3 Å². The maximum Gasteiger partial charge on any atom is 0.341 e. The first-order valence-corrected chi connectivity index (χ1v) is 9.77. The van der Waals surface area contributed by atoms with Gasteiger partial charge in [0.25, 0.3) is 0 Å². The lowest BCUT2D eigenvalue weighted by Crippen LogP contribution is -2.46. The van der Waals surface area contributed by atoms with E-state index in [-0.39, 0.29) is 11.1 Å². The molecule has 1 aromatic carbocycles. The Morgan fingerprint density at radius 1 is 1.21 bits per heavy atom. The highest BCUT2D eigenvalue weighted by atomic mass is 16.4. The van der Waals surface area contributed by atoms with Gasteiger partial charge in [-0.05, 0) is 49.4 Å². The quantitative estimate of drug-likeness (QED) is 0.732. The molecule has 0 saturated heterocycles. The lowest BCUT2D eigenvalue weighted by atomic mass is 9.69. The minimum atomic E-state index is -1.17. The number of hydrogen-bond acceptors (Lipinski definition) is 4. The van der Waals surface area contributed by atoms with E-state index >= 15 is 0 Å². The van der Waals surface area contributed by atoms with Gasteiger partial charge in [0.05, 0.1) is 18.2 Å². The van der Waals surface area contributed by atoms with Crippen molar-refractivity contribution in [1.29, 1.82) is 0 Å². The fourth-order valence-electron chi connectivity index (χ4n) is 4.77. The molecule has 0 atom stereocenters. The topological polar surface area (TPSA) is 75.7 Å². The average molecular weight is 390 g/mol. The Hall–Kier alpha value is -3.28. The monoisotopic (exact) mass is 390 g/mol. The van der Waals surface area contributed by atoms with Gasteiger partial charge >= 0.3 is 5.97 Å². The van der Waals surface area contributed by atoms with Gasteiger partial charge in [0, 0.05) is 54.3 Å². The van der Waals surface area contributed by atoms with Gasteiger partial charge in [-0.25, -0.2) is 4.79 Å². The number of pyridine rings is 1. The average Bonchev–Trinajstić information content (AvgIpc) is 3.18. The molecule has 3 heterocycles. The van der Waals surface area contributed by atoms with Gasteiger partial charge in [-0.3, -0.25) is 4.79 Å². The molecule has 1 N–H and O–H groups in total. The first-order chi connectivity index (χ1) is 13.9. The van der Waals surface area contributed by atoms with E-state index in [1.807, 2.05) is 25.1 Å². The first-order valence-electron chi connectivity index (χ1n) is 9.77. The Bertz CT molecular complexity index is 1180. The third-order valence-electron chi connectivity index (χ3n) is 6.41. The normalized spacial score (nSPS) is 16.1. The van der Waals surface area contributed by atoms with Gasteiger partial charge in [-0.1, -0.05) is 0 Å². The summed E-state index contributed by atoms with van der Waals surface area (Å²) in [7, 11) is 3.98. The standard InChI is InChI=1S/C23H22N2O4/c1-24(2)19-9-17-15(8-16(19)14-4-7-29-13-14)11-23(5-3-6-23)25-12-18(22(27)28)21(26)10-20(17)25/h4,7-10,12-13H,3,5-6,11H2,1-2H3,(H,27,28). The Morgan fingerprint density at radius 2 is 2.00 bits per heavy atom. The van der Waals surface area contributed by atoms with Crippen molar-refractivity contribution in [1.82, 2.24) is 4.57 Å². The maximum absolute atomic E-state index is 12.5. The molecule has 1 saturated carbocycles. The van der Waals surface area contributed by atoms with Gasteiger partial charge in [0.1, 0.15) is 5.56 Å². The minimum Gasteiger partial charge on any atom is -0.477 e. The summed E-state index contributed by atoms with van der Waals surface area (Å²) in [6, 6.07) is 7.76. The summed E-state index contributed by atoms with van der Waals surface area (Å²) in [5, 5.41) is 9.45. The predicted molar refractivity (Wildman–Crippen MR) is 111 cm³/mol. The van der Waals surface area contributed by atoms with Gasteiger partial charge in [0.15, 0.2) is 5.43 Å². The molecule has 148 valence electrons. The number of furan rings is 1. The van der Waals surface area contributed by atoms with Gasteiger partial charge in [-0.2, -0.15) is 0 Å². The summed E-state index contributed by atoms with van der Waals surface area (Å²) < 4.78 is 7.37. The molecule has 2 aliphatic rings. The number of aromatic carboxylic acids is 1. The van der Waals surface area contributed by atoms with Crippen LogP contribution in [0.15, 0.2) is 52.2 Å². The first kappa shape index (κ1) is 17.8. The van der Waals surface area contributed by atoms with Gasteiger partial charge in [0.2, 0.25) is 0 Å². The van der Waals surface area contributed by atoms with E-state index in [4.69, 9.17) is 4.42 Å². The number of nitrogens with zero attached hydrogens (tertiary/aromatic N) is 2. The molecule has 3 aromatic rings. The second-order valence-electron chi connectivity index (χ2n) is 8.30. The van der Waals surface area contributed by atoms with Crippen molar-refractivity contribution in [3.05, 3.63) is 64.3 Å². The molecule has 1 aliphatic carbocycles. The van der Waals surface area contributed by atoms with Crippen LogP contribution in [0.5, 0.6) is 0 Å². The van der Waals surface area contributed by atoms with E-state index in [0.717, 1.165) is 53.8 Å². The lowest BCUT2D eigenvalue weighted by Gasteiger charge is -2.49. The molecule has 0 unspecified atom stereocenters. The Kier molecular flexibility index (Phi) is 3.75. The summed E-state index contributed by atoms with van der Waals surface area (Å²) in [5.41, 5.74) is 5.37. The van der Waals surface area contributed by atoms with E-state index in [9.17, 15) is 14.7 Å². The van der Waals surface area contributed by atoms with Gasteiger partial charge < -0.3 is 19.0 Å². The Morgan fingerprint density at radius 3 is 2.59 bits per heavy atom. The summed E-state index contributed by atoms with van der Waals surface area (Å²) in [4.78, 5) is 26.1. The van der Waals surface area contributed by atoms with Crippen molar-refractivity contribution in [2.45, 2.75) is 31.2 Å². The zero-order valence-electron chi connectivity index (χ0n) is 16.4. The lowest BCUT2D eigenvalue weighted by molar-refractivity contribution is 0.0691. The molecule has 0 radical (unpaired) electrons. The highest BCUT2D eigenvalue weighted by Gasteiger charge is 2.43. The number of carboxylic acid groups (broad SMARTS) is 1. The van der Waals surface area contributed by atoms with Crippen molar-refractivity contribution in [2.24, 2.45) is 0 Å². The van der Waals surface area contributed by atoms with Crippen LogP contribution in [0.25, 0.3) is 22.4 Å². The molecule has 0 bridgehead atoms. The van der Waals surface area contributed by atoms with Crippen LogP contribution >= 0.6 is 0 Å². The smallest absolute Gasteiger partial charge is 0.341 e. The SMILES string of the molecule is CN(C)c1cc2c(cc1-c1ccoc1)CC1(CCC1)n1cc(C(=O)O)c(=O)cc1-2. The van der Waals surface area contributed by atoms with E-state index in [1.165, 1.54) is 11.6 Å². The van der Waals surface area contributed by atoms with Crippen LogP contribution in [0.4, 0.5) is 5.69 Å². The molecule has 1 spiro atoms. The molecule has 5 rings (SSSR count). The largest absolute Gasteiger partial charge is 0.477 e. The van der Waals surface area contributed by atoms with Crippen molar-refractivity contribution in [2.75, 3.05) is 19.0 Å². The van der Waals surface area contributed by atoms with Crippen LogP contribution in [-0.4, -0.2) is 29.7 Å². The molecule has 1 fully saturated rings. The van der Waals surface area contributed by atoms with Crippen molar-refractivity contribution in [3.8, 4) is 22.4 Å². The summed E-state index contributed by atoms with van der Waals surface area (Å²) in [6.07, 6.45) is 8.87.